The monoisotopic (exact) mass is 249 g/mol. The second-order valence-electron chi connectivity index (χ2n) is 5.84. The average molecular weight is 249 g/mol. The molecule has 2 aliphatic carbocycles. The molecule has 0 aliphatic heterocycles. The lowest BCUT2D eigenvalue weighted by Gasteiger charge is -2.20. The van der Waals surface area contributed by atoms with Crippen molar-refractivity contribution >= 4 is 0 Å². The van der Waals surface area contributed by atoms with Gasteiger partial charge in [0.05, 0.1) is 6.61 Å². The van der Waals surface area contributed by atoms with E-state index in [4.69, 9.17) is 10.5 Å². The van der Waals surface area contributed by atoms with Crippen LogP contribution in [0.3, 0.4) is 0 Å². The van der Waals surface area contributed by atoms with Gasteiger partial charge in [0.25, 0.3) is 0 Å². The highest BCUT2D eigenvalue weighted by molar-refractivity contribution is 5.38. The molecule has 3 heteroatoms. The van der Waals surface area contributed by atoms with Crippen molar-refractivity contribution in [3.8, 4) is 5.75 Å². The third kappa shape index (κ3) is 2.12. The van der Waals surface area contributed by atoms with Gasteiger partial charge in [0.2, 0.25) is 0 Å². The van der Waals surface area contributed by atoms with Crippen molar-refractivity contribution in [3.63, 3.8) is 0 Å². The Kier molecular flexibility index (Phi) is 2.81. The lowest BCUT2D eigenvalue weighted by atomic mass is 9.89. The van der Waals surface area contributed by atoms with Gasteiger partial charge in [-0.1, -0.05) is 6.07 Å². The molecule has 98 valence electrons. The van der Waals surface area contributed by atoms with E-state index < -0.39 is 0 Å². The molecule has 2 saturated carbocycles. The molecular formula is C15H20FNO. The van der Waals surface area contributed by atoms with Crippen LogP contribution in [0.2, 0.25) is 0 Å². The molecule has 2 aliphatic rings. The van der Waals surface area contributed by atoms with Gasteiger partial charge in [-0.15, -0.1) is 0 Å². The smallest absolute Gasteiger partial charge is 0.165 e. The van der Waals surface area contributed by atoms with Gasteiger partial charge < -0.3 is 10.5 Å². The number of halogens is 1. The number of hydrogen-bond acceptors (Lipinski definition) is 2. The Morgan fingerprint density at radius 3 is 2.67 bits per heavy atom. The second kappa shape index (κ2) is 4.23. The number of nitrogens with two attached hydrogens (primary N) is 1. The molecule has 2 nitrogen and oxygen atoms in total. The quantitative estimate of drug-likeness (QED) is 0.870. The summed E-state index contributed by atoms with van der Waals surface area (Å²) in [6.45, 7) is 2.65. The predicted molar refractivity (Wildman–Crippen MR) is 69.2 cm³/mol. The molecular weight excluding hydrogens is 229 g/mol. The normalized spacial score (nSPS) is 22.6. The summed E-state index contributed by atoms with van der Waals surface area (Å²) >= 11 is 0. The van der Waals surface area contributed by atoms with Crippen LogP contribution in [0.15, 0.2) is 18.2 Å². The molecule has 0 radical (unpaired) electrons. The van der Waals surface area contributed by atoms with E-state index in [1.165, 1.54) is 12.8 Å². The van der Waals surface area contributed by atoms with Crippen LogP contribution >= 0.6 is 0 Å². The first kappa shape index (κ1) is 12.0. The molecule has 0 aromatic heterocycles. The predicted octanol–water partition coefficient (Wildman–Crippen LogP) is 2.99. The number of rotatable bonds is 5. The standard InChI is InChI=1S/C15H20FNO/c1-10(17)15(6-7-15)12-4-5-14(13(16)8-12)18-9-11-2-3-11/h4-5,8,10-11H,2-3,6-7,9,17H2,1H3. The Hall–Kier alpha value is -1.09. The van der Waals surface area contributed by atoms with Crippen LogP contribution < -0.4 is 10.5 Å². The van der Waals surface area contributed by atoms with Gasteiger partial charge in [0, 0.05) is 11.5 Å². The molecule has 0 heterocycles. The summed E-state index contributed by atoms with van der Waals surface area (Å²) in [5.41, 5.74) is 7.04. The molecule has 1 aromatic rings. The zero-order chi connectivity index (χ0) is 12.8. The molecule has 0 saturated heterocycles. The van der Waals surface area contributed by atoms with Crippen molar-refractivity contribution in [2.24, 2.45) is 11.7 Å². The Balaban J connectivity index is 1.75. The van der Waals surface area contributed by atoms with Gasteiger partial charge in [-0.25, -0.2) is 4.39 Å². The van der Waals surface area contributed by atoms with E-state index in [0.717, 1.165) is 18.4 Å². The number of benzene rings is 1. The van der Waals surface area contributed by atoms with E-state index in [1.807, 2.05) is 13.0 Å². The Morgan fingerprint density at radius 1 is 1.44 bits per heavy atom. The van der Waals surface area contributed by atoms with Crippen LogP contribution in [0, 0.1) is 11.7 Å². The third-order valence-corrected chi connectivity index (χ3v) is 4.34. The molecule has 2 N–H and O–H groups in total. The van der Waals surface area contributed by atoms with E-state index in [2.05, 4.69) is 0 Å². The highest BCUT2D eigenvalue weighted by atomic mass is 19.1. The van der Waals surface area contributed by atoms with Crippen LogP contribution in [-0.4, -0.2) is 12.6 Å². The van der Waals surface area contributed by atoms with Gasteiger partial charge >= 0.3 is 0 Å². The van der Waals surface area contributed by atoms with E-state index in [0.29, 0.717) is 18.3 Å². The summed E-state index contributed by atoms with van der Waals surface area (Å²) in [6, 6.07) is 5.42. The Labute approximate surface area is 107 Å². The van der Waals surface area contributed by atoms with Crippen molar-refractivity contribution in [2.75, 3.05) is 6.61 Å². The van der Waals surface area contributed by atoms with Gasteiger partial charge in [0.15, 0.2) is 11.6 Å². The third-order valence-electron chi connectivity index (χ3n) is 4.34. The van der Waals surface area contributed by atoms with E-state index in [9.17, 15) is 4.39 Å². The molecule has 1 unspecified atom stereocenters. The summed E-state index contributed by atoms with van der Waals surface area (Å²) < 4.78 is 19.5. The largest absolute Gasteiger partial charge is 0.490 e. The first-order chi connectivity index (χ1) is 8.62. The highest BCUT2D eigenvalue weighted by Crippen LogP contribution is 2.50. The first-order valence-electron chi connectivity index (χ1n) is 6.80. The fraction of sp³-hybridized carbons (Fsp3) is 0.600. The van der Waals surface area contributed by atoms with E-state index in [1.54, 1.807) is 12.1 Å². The summed E-state index contributed by atoms with van der Waals surface area (Å²) in [6.07, 6.45) is 4.56. The van der Waals surface area contributed by atoms with Crippen LogP contribution in [-0.2, 0) is 5.41 Å². The molecule has 0 spiro atoms. The molecule has 1 atom stereocenters. The zero-order valence-corrected chi connectivity index (χ0v) is 10.8. The molecule has 0 bridgehead atoms. The van der Waals surface area contributed by atoms with Crippen LogP contribution in [0.25, 0.3) is 0 Å². The summed E-state index contributed by atoms with van der Waals surface area (Å²) in [5, 5.41) is 0. The van der Waals surface area contributed by atoms with Crippen molar-refractivity contribution in [3.05, 3.63) is 29.6 Å². The number of hydrogen-bond donors (Lipinski definition) is 1. The molecule has 3 rings (SSSR count). The zero-order valence-electron chi connectivity index (χ0n) is 10.8. The first-order valence-corrected chi connectivity index (χ1v) is 6.80. The minimum absolute atomic E-state index is 0.00978. The average Bonchev–Trinajstić information content (AvgIpc) is 3.21. The SMILES string of the molecule is CC(N)C1(c2ccc(OCC3CC3)c(F)c2)CC1. The lowest BCUT2D eigenvalue weighted by Crippen LogP contribution is -2.31. The summed E-state index contributed by atoms with van der Waals surface area (Å²) in [7, 11) is 0. The maximum absolute atomic E-state index is 14.0. The van der Waals surface area contributed by atoms with Crippen molar-refractivity contribution < 1.29 is 9.13 Å². The molecule has 18 heavy (non-hydrogen) atoms. The van der Waals surface area contributed by atoms with Gasteiger partial charge in [-0.3, -0.25) is 0 Å². The summed E-state index contributed by atoms with van der Waals surface area (Å²) in [4.78, 5) is 0. The van der Waals surface area contributed by atoms with E-state index in [-0.39, 0.29) is 17.3 Å². The minimum Gasteiger partial charge on any atom is -0.490 e. The van der Waals surface area contributed by atoms with Crippen LogP contribution in [0.1, 0.15) is 38.2 Å². The van der Waals surface area contributed by atoms with Crippen LogP contribution in [0.4, 0.5) is 4.39 Å². The topological polar surface area (TPSA) is 35.2 Å². The highest BCUT2D eigenvalue weighted by Gasteiger charge is 2.47. The fourth-order valence-electron chi connectivity index (χ4n) is 2.56. The maximum atomic E-state index is 14.0. The molecule has 2 fully saturated rings. The second-order valence-corrected chi connectivity index (χ2v) is 5.84. The Morgan fingerprint density at radius 2 is 2.17 bits per heavy atom. The van der Waals surface area contributed by atoms with Crippen molar-refractivity contribution in [2.45, 2.75) is 44.1 Å². The van der Waals surface area contributed by atoms with Crippen LogP contribution in [0.5, 0.6) is 5.75 Å². The molecule has 0 amide bonds. The number of ether oxygens (including phenoxy) is 1. The maximum Gasteiger partial charge on any atom is 0.165 e. The van der Waals surface area contributed by atoms with Gasteiger partial charge in [-0.05, 0) is 56.2 Å². The Bertz CT molecular complexity index is 450. The van der Waals surface area contributed by atoms with Gasteiger partial charge in [0.1, 0.15) is 0 Å². The minimum atomic E-state index is -0.250. The fourth-order valence-corrected chi connectivity index (χ4v) is 2.56. The molecule has 1 aromatic carbocycles. The lowest BCUT2D eigenvalue weighted by molar-refractivity contribution is 0.285. The van der Waals surface area contributed by atoms with Crippen molar-refractivity contribution in [1.29, 1.82) is 0 Å². The van der Waals surface area contributed by atoms with E-state index >= 15 is 0 Å². The van der Waals surface area contributed by atoms with Crippen molar-refractivity contribution in [1.82, 2.24) is 0 Å². The summed E-state index contributed by atoms with van der Waals surface area (Å²) in [5.74, 6) is 0.772. The van der Waals surface area contributed by atoms with Gasteiger partial charge in [-0.2, -0.15) is 0 Å².